The van der Waals surface area contributed by atoms with Gasteiger partial charge in [-0.05, 0) is 25.5 Å². The highest BCUT2D eigenvalue weighted by atomic mass is 16.4. The highest BCUT2D eigenvalue weighted by molar-refractivity contribution is 6.01. The topological polar surface area (TPSA) is 78.4 Å². The van der Waals surface area contributed by atoms with Crippen molar-refractivity contribution in [2.75, 3.05) is 11.9 Å². The highest BCUT2D eigenvalue weighted by Gasteiger charge is 2.14. The summed E-state index contributed by atoms with van der Waals surface area (Å²) >= 11 is 0. The maximum absolute atomic E-state index is 11.5. The van der Waals surface area contributed by atoms with Gasteiger partial charge in [0.2, 0.25) is 0 Å². The Bertz CT molecular complexity index is 527. The molecule has 5 heteroatoms. The van der Waals surface area contributed by atoms with E-state index in [1.54, 1.807) is 32.0 Å². The van der Waals surface area contributed by atoms with Crippen LogP contribution in [0.1, 0.15) is 22.8 Å². The first-order chi connectivity index (χ1) is 8.56. The van der Waals surface area contributed by atoms with Gasteiger partial charge in [-0.2, -0.15) is 0 Å². The fourth-order valence-corrected chi connectivity index (χ4v) is 1.44. The van der Waals surface area contributed by atoms with Crippen molar-refractivity contribution >= 4 is 17.7 Å². The van der Waals surface area contributed by atoms with Crippen LogP contribution in [0.2, 0.25) is 0 Å². The van der Waals surface area contributed by atoms with Gasteiger partial charge in [0.1, 0.15) is 0 Å². The quantitative estimate of drug-likeness (QED) is 0.712. The third-order valence-corrected chi connectivity index (χ3v) is 2.25. The summed E-state index contributed by atoms with van der Waals surface area (Å²) in [4.78, 5) is 22.6. The van der Waals surface area contributed by atoms with E-state index in [-0.39, 0.29) is 17.8 Å². The molecule has 5 nitrogen and oxygen atoms in total. The summed E-state index contributed by atoms with van der Waals surface area (Å²) in [6.45, 7) is 3.56. The van der Waals surface area contributed by atoms with Crippen molar-refractivity contribution in [3.8, 4) is 11.8 Å². The third kappa shape index (κ3) is 3.52. The molecule has 1 aromatic rings. The molecule has 0 radical (unpaired) electrons. The number of rotatable bonds is 3. The lowest BCUT2D eigenvalue weighted by Crippen LogP contribution is -2.29. The second kappa shape index (κ2) is 6.30. The van der Waals surface area contributed by atoms with Gasteiger partial charge in [0.05, 0.1) is 17.8 Å². The van der Waals surface area contributed by atoms with E-state index in [9.17, 15) is 9.59 Å². The van der Waals surface area contributed by atoms with Crippen molar-refractivity contribution < 1.29 is 14.7 Å². The molecule has 0 aliphatic heterocycles. The predicted octanol–water partition coefficient (Wildman–Crippen LogP) is 1.84. The summed E-state index contributed by atoms with van der Waals surface area (Å²) in [6.07, 6.45) is 0. The molecule has 0 saturated heterocycles. The predicted molar refractivity (Wildman–Crippen MR) is 68.6 cm³/mol. The largest absolute Gasteiger partial charge is 0.478 e. The van der Waals surface area contributed by atoms with Crippen molar-refractivity contribution in [3.05, 3.63) is 29.3 Å². The molecule has 18 heavy (non-hydrogen) atoms. The summed E-state index contributed by atoms with van der Waals surface area (Å²) in [6, 6.07) is 4.42. The molecule has 0 atom stereocenters. The zero-order chi connectivity index (χ0) is 13.5. The van der Waals surface area contributed by atoms with Crippen LogP contribution in [0.5, 0.6) is 0 Å². The number of nitrogens with one attached hydrogen (secondary N) is 2. The summed E-state index contributed by atoms with van der Waals surface area (Å²) in [5.41, 5.74) is 0.951. The van der Waals surface area contributed by atoms with Crippen molar-refractivity contribution in [3.63, 3.8) is 0 Å². The number of carbonyl (C=O) groups is 2. The number of aryl methyl sites for hydroxylation is 1. The number of carboxylic acid groups (broad SMARTS) is 1. The summed E-state index contributed by atoms with van der Waals surface area (Å²) in [5, 5.41) is 14.1. The number of carboxylic acids is 1. The second-order valence-electron chi connectivity index (χ2n) is 3.54. The van der Waals surface area contributed by atoms with Crippen LogP contribution in [-0.2, 0) is 0 Å². The molecule has 0 aliphatic rings. The van der Waals surface area contributed by atoms with Crippen molar-refractivity contribution in [1.29, 1.82) is 0 Å². The van der Waals surface area contributed by atoms with Gasteiger partial charge < -0.3 is 15.7 Å². The van der Waals surface area contributed by atoms with Gasteiger partial charge in [0, 0.05) is 0 Å². The Kier molecular flexibility index (Phi) is 4.76. The number of urea groups is 1. The minimum atomic E-state index is -1.07. The average Bonchev–Trinajstić information content (AvgIpc) is 2.28. The Morgan fingerprint density at radius 3 is 2.72 bits per heavy atom. The van der Waals surface area contributed by atoms with Crippen LogP contribution in [0.3, 0.4) is 0 Å². The lowest BCUT2D eigenvalue weighted by Gasteiger charge is -2.10. The molecule has 0 aliphatic carbocycles. The fourth-order valence-electron chi connectivity index (χ4n) is 1.44. The third-order valence-electron chi connectivity index (χ3n) is 2.25. The number of hydrogen-bond donors (Lipinski definition) is 3. The molecule has 3 N–H and O–H groups in total. The number of anilines is 1. The van der Waals surface area contributed by atoms with Crippen LogP contribution in [0.15, 0.2) is 18.2 Å². The molecule has 2 amide bonds. The minimum Gasteiger partial charge on any atom is -0.478 e. The van der Waals surface area contributed by atoms with E-state index in [4.69, 9.17) is 5.11 Å². The standard InChI is InChI=1S/C13H14N2O3/c1-3-4-8-14-13(18)15-10-7-5-6-9(2)11(10)12(16)17/h5-7H,8H2,1-2H3,(H,16,17)(H2,14,15,18). The number of carbonyl (C=O) groups excluding carboxylic acids is 1. The second-order valence-corrected chi connectivity index (χ2v) is 3.54. The molecule has 0 aromatic heterocycles. The summed E-state index contributed by atoms with van der Waals surface area (Å²) in [5.74, 6) is 4.24. The molecule has 94 valence electrons. The lowest BCUT2D eigenvalue weighted by molar-refractivity contribution is 0.0697. The van der Waals surface area contributed by atoms with Crippen LogP contribution >= 0.6 is 0 Å². The molecule has 0 saturated carbocycles. The number of benzene rings is 1. The Morgan fingerprint density at radius 2 is 2.11 bits per heavy atom. The molecule has 0 unspecified atom stereocenters. The van der Waals surface area contributed by atoms with Crippen LogP contribution in [0.25, 0.3) is 0 Å². The zero-order valence-corrected chi connectivity index (χ0v) is 10.2. The zero-order valence-electron chi connectivity index (χ0n) is 10.2. The van der Waals surface area contributed by atoms with Gasteiger partial charge in [0.15, 0.2) is 0 Å². The van der Waals surface area contributed by atoms with Gasteiger partial charge in [0.25, 0.3) is 0 Å². The van der Waals surface area contributed by atoms with Crippen molar-refractivity contribution in [2.45, 2.75) is 13.8 Å². The molecule has 0 bridgehead atoms. The maximum Gasteiger partial charge on any atom is 0.338 e. The van der Waals surface area contributed by atoms with E-state index >= 15 is 0 Å². The maximum atomic E-state index is 11.5. The van der Waals surface area contributed by atoms with Gasteiger partial charge >= 0.3 is 12.0 Å². The molecular weight excluding hydrogens is 232 g/mol. The Balaban J connectivity index is 2.83. The van der Waals surface area contributed by atoms with Crippen molar-refractivity contribution in [2.24, 2.45) is 0 Å². The molecule has 1 rings (SSSR count). The van der Waals surface area contributed by atoms with Crippen LogP contribution < -0.4 is 10.6 Å². The highest BCUT2D eigenvalue weighted by Crippen LogP contribution is 2.19. The van der Waals surface area contributed by atoms with E-state index in [1.165, 1.54) is 0 Å². The molecule has 0 fully saturated rings. The van der Waals surface area contributed by atoms with E-state index in [2.05, 4.69) is 22.5 Å². The van der Waals surface area contributed by atoms with Crippen molar-refractivity contribution in [1.82, 2.24) is 5.32 Å². The van der Waals surface area contributed by atoms with Crippen LogP contribution in [-0.4, -0.2) is 23.7 Å². The summed E-state index contributed by atoms with van der Waals surface area (Å²) in [7, 11) is 0. The normalized spacial score (nSPS) is 9.00. The first-order valence-corrected chi connectivity index (χ1v) is 5.33. The number of amides is 2. The van der Waals surface area contributed by atoms with E-state index in [1.807, 2.05) is 0 Å². The number of hydrogen-bond acceptors (Lipinski definition) is 2. The SMILES string of the molecule is CC#CCNC(=O)Nc1cccc(C)c1C(=O)O. The molecule has 0 heterocycles. The van der Waals surface area contributed by atoms with Gasteiger partial charge in [-0.15, -0.1) is 5.92 Å². The Labute approximate surface area is 105 Å². The Morgan fingerprint density at radius 1 is 1.39 bits per heavy atom. The van der Waals surface area contributed by atoms with Gasteiger partial charge in [-0.3, -0.25) is 0 Å². The average molecular weight is 246 g/mol. The smallest absolute Gasteiger partial charge is 0.338 e. The Hall–Kier alpha value is -2.48. The van der Waals surface area contributed by atoms with Crippen LogP contribution in [0, 0.1) is 18.8 Å². The molecular formula is C13H14N2O3. The monoisotopic (exact) mass is 246 g/mol. The van der Waals surface area contributed by atoms with E-state index in [0.29, 0.717) is 5.56 Å². The fraction of sp³-hybridized carbons (Fsp3) is 0.231. The number of aromatic carboxylic acids is 1. The van der Waals surface area contributed by atoms with Gasteiger partial charge in [-0.1, -0.05) is 18.1 Å². The summed E-state index contributed by atoms with van der Waals surface area (Å²) < 4.78 is 0. The van der Waals surface area contributed by atoms with E-state index < -0.39 is 12.0 Å². The van der Waals surface area contributed by atoms with Gasteiger partial charge in [-0.25, -0.2) is 9.59 Å². The first kappa shape index (κ1) is 13.6. The minimum absolute atomic E-state index is 0.0919. The van der Waals surface area contributed by atoms with E-state index in [0.717, 1.165) is 0 Å². The molecule has 1 aromatic carbocycles. The molecule has 0 spiro atoms. The van der Waals surface area contributed by atoms with Crippen LogP contribution in [0.4, 0.5) is 10.5 Å². The first-order valence-electron chi connectivity index (χ1n) is 5.33. The lowest BCUT2D eigenvalue weighted by atomic mass is 10.1.